The van der Waals surface area contributed by atoms with E-state index in [0.29, 0.717) is 37.3 Å². The minimum Gasteiger partial charge on any atom is -0.350 e. The Morgan fingerprint density at radius 3 is 2.38 bits per heavy atom. The average Bonchev–Trinajstić information content (AvgIpc) is 3.35. The van der Waals surface area contributed by atoms with E-state index in [1.54, 1.807) is 38.5 Å². The zero-order valence-corrected chi connectivity index (χ0v) is 20.6. The van der Waals surface area contributed by atoms with Crippen molar-refractivity contribution in [3.63, 3.8) is 0 Å². The van der Waals surface area contributed by atoms with Gasteiger partial charge in [-0.1, -0.05) is 12.1 Å². The van der Waals surface area contributed by atoms with Crippen LogP contribution in [0.3, 0.4) is 0 Å². The van der Waals surface area contributed by atoms with E-state index in [1.807, 2.05) is 24.3 Å². The van der Waals surface area contributed by atoms with Crippen LogP contribution in [0.1, 0.15) is 65.8 Å². The first-order valence-electron chi connectivity index (χ1n) is 12.0. The van der Waals surface area contributed by atoms with Gasteiger partial charge >= 0.3 is 6.18 Å². The van der Waals surface area contributed by atoms with Crippen LogP contribution in [0.5, 0.6) is 0 Å². The Bertz CT molecular complexity index is 1260. The van der Waals surface area contributed by atoms with E-state index in [-0.39, 0.29) is 23.4 Å². The van der Waals surface area contributed by atoms with E-state index in [1.165, 1.54) is 21.7 Å². The molecule has 0 atom stereocenters. The number of carbonyl (C=O) groups is 2. The molecule has 7 nitrogen and oxygen atoms in total. The molecule has 1 aromatic carbocycles. The van der Waals surface area contributed by atoms with Gasteiger partial charge in [0.2, 0.25) is 5.91 Å². The largest absolute Gasteiger partial charge is 0.418 e. The van der Waals surface area contributed by atoms with Crippen LogP contribution in [-0.4, -0.2) is 44.3 Å². The van der Waals surface area contributed by atoms with Crippen LogP contribution in [0.25, 0.3) is 6.08 Å². The monoisotopic (exact) mass is 511 g/mol. The second kappa shape index (κ2) is 11.0. The highest BCUT2D eigenvalue weighted by molar-refractivity contribution is 6.01. The molecule has 0 radical (unpaired) electrons. The molecule has 3 aromatic rings. The third-order valence-electron chi connectivity index (χ3n) is 6.40. The number of piperidine rings is 1. The molecule has 194 valence electrons. The molecule has 1 aliphatic heterocycles. The van der Waals surface area contributed by atoms with E-state index in [4.69, 9.17) is 0 Å². The van der Waals surface area contributed by atoms with Crippen LogP contribution < -0.4 is 5.32 Å². The first-order chi connectivity index (χ1) is 17.6. The molecule has 10 heteroatoms. The lowest BCUT2D eigenvalue weighted by Crippen LogP contribution is -2.38. The summed E-state index contributed by atoms with van der Waals surface area (Å²) in [7, 11) is 0. The molecule has 4 rings (SSSR count). The molecule has 0 unspecified atom stereocenters. The summed E-state index contributed by atoms with van der Waals surface area (Å²) in [4.78, 5) is 34.7. The molecule has 1 fully saturated rings. The third kappa shape index (κ3) is 6.44. The minimum atomic E-state index is -4.59. The summed E-state index contributed by atoms with van der Waals surface area (Å²) in [6.07, 6.45) is 6.60. The average molecular weight is 512 g/mol. The van der Waals surface area contributed by atoms with Crippen LogP contribution in [-0.2, 0) is 11.0 Å². The third-order valence-corrected chi connectivity index (χ3v) is 6.40. The molecule has 37 heavy (non-hydrogen) atoms. The van der Waals surface area contributed by atoms with E-state index < -0.39 is 17.6 Å². The van der Waals surface area contributed by atoms with Gasteiger partial charge in [-0.25, -0.2) is 0 Å². The van der Waals surface area contributed by atoms with Crippen molar-refractivity contribution < 1.29 is 22.8 Å². The van der Waals surface area contributed by atoms with Crippen LogP contribution in [0, 0.1) is 0 Å². The van der Waals surface area contributed by atoms with Gasteiger partial charge in [-0.05, 0) is 56.4 Å². The number of likely N-dealkylation sites (tertiary alicyclic amines) is 1. The van der Waals surface area contributed by atoms with E-state index in [0.717, 1.165) is 11.8 Å². The molecule has 1 N–H and O–H groups in total. The van der Waals surface area contributed by atoms with Crippen molar-refractivity contribution in [3.05, 3.63) is 83.7 Å². The number of nitrogens with one attached hydrogen (secondary N) is 1. The van der Waals surface area contributed by atoms with Gasteiger partial charge in [0, 0.05) is 55.7 Å². The number of rotatable bonds is 6. The van der Waals surface area contributed by atoms with Crippen LogP contribution in [0.15, 0.2) is 61.3 Å². The lowest BCUT2D eigenvalue weighted by atomic mass is 9.89. The Kier molecular flexibility index (Phi) is 7.75. The van der Waals surface area contributed by atoms with Gasteiger partial charge in [-0.15, -0.1) is 0 Å². The van der Waals surface area contributed by atoms with Crippen molar-refractivity contribution in [2.24, 2.45) is 0 Å². The van der Waals surface area contributed by atoms with Crippen LogP contribution in [0.4, 0.5) is 18.9 Å². The molecule has 0 aliphatic carbocycles. The predicted molar refractivity (Wildman–Crippen MR) is 134 cm³/mol. The highest BCUT2D eigenvalue weighted by Gasteiger charge is 2.38. The number of anilines is 1. The summed E-state index contributed by atoms with van der Waals surface area (Å²) in [6.45, 7) is 4.29. The fourth-order valence-corrected chi connectivity index (χ4v) is 4.34. The van der Waals surface area contributed by atoms with Crippen molar-refractivity contribution >= 4 is 23.6 Å². The molecular weight excluding hydrogens is 483 g/mol. The maximum atomic E-state index is 13.5. The van der Waals surface area contributed by atoms with E-state index >= 15 is 0 Å². The predicted octanol–water partition coefficient (Wildman–Crippen LogP) is 5.55. The number of hydrogen-bond acceptors (Lipinski definition) is 4. The number of hydrogen-bond donors (Lipinski definition) is 1. The highest BCUT2D eigenvalue weighted by Crippen LogP contribution is 2.35. The van der Waals surface area contributed by atoms with Crippen molar-refractivity contribution in [1.82, 2.24) is 19.4 Å². The molecule has 1 aliphatic rings. The lowest BCUT2D eigenvalue weighted by Gasteiger charge is -2.32. The first kappa shape index (κ1) is 26.1. The fraction of sp³-hybridized carbons (Fsp3) is 0.333. The normalized spacial score (nSPS) is 14.9. The summed E-state index contributed by atoms with van der Waals surface area (Å²) in [5, 5.41) is 2.79. The molecular formula is C27H28F3N5O2. The number of halogens is 3. The second-order valence-corrected chi connectivity index (χ2v) is 9.27. The zero-order chi connectivity index (χ0) is 26.6. The lowest BCUT2D eigenvalue weighted by molar-refractivity contribution is -0.138. The molecule has 1 saturated heterocycles. The van der Waals surface area contributed by atoms with Crippen LogP contribution in [0.2, 0.25) is 0 Å². The van der Waals surface area contributed by atoms with Crippen molar-refractivity contribution in [2.45, 2.75) is 44.8 Å². The van der Waals surface area contributed by atoms with Gasteiger partial charge in [-0.2, -0.15) is 13.2 Å². The van der Waals surface area contributed by atoms with E-state index in [9.17, 15) is 22.8 Å². The molecule has 0 saturated carbocycles. The summed E-state index contributed by atoms with van der Waals surface area (Å²) in [6, 6.07) is 7.29. The standard InChI is InChI=1S/C27H28F3N5O2/c1-18(2)35-16-23(24(17-35)27(28,29)30)26(37)34-13-9-20(10-14-34)19-3-5-21(6-4-19)33-25(36)8-7-22-15-31-11-12-32-22/h3-8,11-12,15-18,20H,9-10,13-14H2,1-2H3,(H,33,36)/b8-7+. The number of benzene rings is 1. The summed E-state index contributed by atoms with van der Waals surface area (Å²) >= 11 is 0. The maximum Gasteiger partial charge on any atom is 0.418 e. The number of nitrogens with zero attached hydrogens (tertiary/aromatic N) is 4. The van der Waals surface area contributed by atoms with Crippen molar-refractivity contribution in [3.8, 4) is 0 Å². The van der Waals surface area contributed by atoms with Crippen molar-refractivity contribution in [1.29, 1.82) is 0 Å². The van der Waals surface area contributed by atoms with Gasteiger partial charge in [0.1, 0.15) is 0 Å². The second-order valence-electron chi connectivity index (χ2n) is 9.27. The van der Waals surface area contributed by atoms with Gasteiger partial charge in [0.15, 0.2) is 0 Å². The van der Waals surface area contributed by atoms with Gasteiger partial charge in [0.25, 0.3) is 5.91 Å². The summed E-state index contributed by atoms with van der Waals surface area (Å²) in [5.41, 5.74) is 1.08. The topological polar surface area (TPSA) is 80.1 Å². The Morgan fingerprint density at radius 1 is 1.08 bits per heavy atom. The van der Waals surface area contributed by atoms with Crippen LogP contribution >= 0.6 is 0 Å². The van der Waals surface area contributed by atoms with E-state index in [2.05, 4.69) is 15.3 Å². The summed E-state index contributed by atoms with van der Waals surface area (Å²) in [5.74, 6) is -0.708. The SMILES string of the molecule is CC(C)n1cc(C(=O)N2CCC(c3ccc(NC(=O)/C=C/c4cnccn4)cc3)CC2)c(C(F)(F)F)c1. The first-order valence-corrected chi connectivity index (χ1v) is 12.0. The van der Waals surface area contributed by atoms with Crippen molar-refractivity contribution in [2.75, 3.05) is 18.4 Å². The number of aromatic nitrogens is 3. The molecule has 0 spiro atoms. The molecule has 3 heterocycles. The Morgan fingerprint density at radius 2 is 1.78 bits per heavy atom. The minimum absolute atomic E-state index is 0.174. The quantitative estimate of drug-likeness (QED) is 0.440. The molecule has 2 aromatic heterocycles. The summed E-state index contributed by atoms with van der Waals surface area (Å²) < 4.78 is 42.1. The maximum absolute atomic E-state index is 13.5. The highest BCUT2D eigenvalue weighted by atomic mass is 19.4. The van der Waals surface area contributed by atoms with Gasteiger partial charge < -0.3 is 14.8 Å². The number of carbonyl (C=O) groups excluding carboxylic acids is 2. The Balaban J connectivity index is 1.34. The molecule has 2 amide bonds. The Labute approximate surface area is 213 Å². The fourth-order valence-electron chi connectivity index (χ4n) is 4.34. The Hall–Kier alpha value is -3.95. The number of alkyl halides is 3. The number of amides is 2. The van der Waals surface area contributed by atoms with Gasteiger partial charge in [0.05, 0.1) is 23.0 Å². The smallest absolute Gasteiger partial charge is 0.350 e. The van der Waals surface area contributed by atoms with Gasteiger partial charge in [-0.3, -0.25) is 19.6 Å². The molecule has 0 bridgehead atoms. The zero-order valence-electron chi connectivity index (χ0n) is 20.6.